The molecule has 0 bridgehead atoms. The number of ether oxygens (including phenoxy) is 4. The van der Waals surface area contributed by atoms with Crippen LogP contribution in [-0.2, 0) is 14.3 Å². The van der Waals surface area contributed by atoms with E-state index in [1.807, 2.05) is 0 Å². The third-order valence-electron chi connectivity index (χ3n) is 6.44. The Hall–Kier alpha value is -4.04. The Labute approximate surface area is 222 Å². The van der Waals surface area contributed by atoms with Gasteiger partial charge in [0.1, 0.15) is 35.6 Å². The summed E-state index contributed by atoms with van der Waals surface area (Å²) in [5.74, 6) is -2.36. The van der Waals surface area contributed by atoms with Gasteiger partial charge in [0.25, 0.3) is 0 Å². The molecule has 0 unspecified atom stereocenters. The standard InChI is InChI=1S/C26H29N3O10/c1-10-17(39-25-24(36-7-6-29-26(27)28)23(35)20(32)11(2)37-25)9-16-18(19(10)31)22(34)14-5-4-13(38-12(3)30)8-15(14)21(16)33/h4-5,8-9,11,20,23-25,31-32,35H,6-7H2,1-3H3,(H4,27,28,29)/t11-,20+,23+,24+,25-/m0/s1. The molecule has 4 rings (SSSR count). The highest BCUT2D eigenvalue weighted by Gasteiger charge is 2.45. The third kappa shape index (κ3) is 5.43. The van der Waals surface area contributed by atoms with Gasteiger partial charge in [0.2, 0.25) is 6.29 Å². The van der Waals surface area contributed by atoms with Gasteiger partial charge in [-0.05, 0) is 38.1 Å². The van der Waals surface area contributed by atoms with E-state index in [1.54, 1.807) is 0 Å². The first-order valence-electron chi connectivity index (χ1n) is 12.0. The Bertz CT molecular complexity index is 1350. The zero-order valence-corrected chi connectivity index (χ0v) is 21.4. The Kier molecular flexibility index (Phi) is 7.88. The van der Waals surface area contributed by atoms with Gasteiger partial charge in [0.15, 0.2) is 17.5 Å². The van der Waals surface area contributed by atoms with Crippen LogP contribution in [-0.4, -0.2) is 82.7 Å². The molecule has 5 atom stereocenters. The second-order valence-electron chi connectivity index (χ2n) is 9.18. The predicted molar refractivity (Wildman–Crippen MR) is 135 cm³/mol. The van der Waals surface area contributed by atoms with E-state index < -0.39 is 54.0 Å². The van der Waals surface area contributed by atoms with Crippen molar-refractivity contribution in [3.05, 3.63) is 52.1 Å². The van der Waals surface area contributed by atoms with Gasteiger partial charge in [-0.1, -0.05) is 0 Å². The number of nitrogens with zero attached hydrogens (tertiary/aromatic N) is 1. The minimum Gasteiger partial charge on any atom is -0.507 e. The second-order valence-corrected chi connectivity index (χ2v) is 9.18. The van der Waals surface area contributed by atoms with Crippen LogP contribution < -0.4 is 20.9 Å². The first-order valence-corrected chi connectivity index (χ1v) is 12.0. The Morgan fingerprint density at radius 2 is 1.79 bits per heavy atom. The molecule has 1 heterocycles. The Morgan fingerprint density at radius 1 is 1.08 bits per heavy atom. The second kappa shape index (κ2) is 11.0. The number of guanidine groups is 1. The molecule has 2 aliphatic rings. The molecule has 0 radical (unpaired) electrons. The van der Waals surface area contributed by atoms with Crippen LogP contribution in [0.1, 0.15) is 51.3 Å². The normalized spacial score (nSPS) is 24.0. The minimum atomic E-state index is -1.42. The number of esters is 1. The summed E-state index contributed by atoms with van der Waals surface area (Å²) < 4.78 is 22.4. The number of benzene rings is 2. The van der Waals surface area contributed by atoms with Gasteiger partial charge in [0, 0.05) is 29.2 Å². The molecule has 2 aromatic rings. The molecule has 208 valence electrons. The van der Waals surface area contributed by atoms with Crippen molar-refractivity contribution in [3.63, 3.8) is 0 Å². The fourth-order valence-corrected chi connectivity index (χ4v) is 4.46. The highest BCUT2D eigenvalue weighted by atomic mass is 16.7. The number of fused-ring (bicyclic) bond motifs is 2. The van der Waals surface area contributed by atoms with Gasteiger partial charge in [0.05, 0.1) is 24.8 Å². The molecule has 1 fully saturated rings. The van der Waals surface area contributed by atoms with Crippen LogP contribution in [0.4, 0.5) is 0 Å². The Balaban J connectivity index is 1.68. The van der Waals surface area contributed by atoms with E-state index in [9.17, 15) is 29.7 Å². The van der Waals surface area contributed by atoms with Crippen LogP contribution in [0.15, 0.2) is 29.3 Å². The van der Waals surface area contributed by atoms with Crippen LogP contribution in [0.25, 0.3) is 0 Å². The highest BCUT2D eigenvalue weighted by Crippen LogP contribution is 2.41. The first-order chi connectivity index (χ1) is 18.4. The highest BCUT2D eigenvalue weighted by molar-refractivity contribution is 6.29. The fourth-order valence-electron chi connectivity index (χ4n) is 4.46. The molecule has 2 aromatic carbocycles. The van der Waals surface area contributed by atoms with Crippen molar-refractivity contribution in [1.82, 2.24) is 0 Å². The van der Waals surface area contributed by atoms with Gasteiger partial charge in [-0.2, -0.15) is 0 Å². The van der Waals surface area contributed by atoms with Crippen LogP contribution >= 0.6 is 0 Å². The van der Waals surface area contributed by atoms with E-state index >= 15 is 0 Å². The maximum Gasteiger partial charge on any atom is 0.308 e. The monoisotopic (exact) mass is 543 g/mol. The lowest BCUT2D eigenvalue weighted by molar-refractivity contribution is -0.278. The van der Waals surface area contributed by atoms with Gasteiger partial charge in [-0.15, -0.1) is 0 Å². The van der Waals surface area contributed by atoms with Crippen LogP contribution in [0.2, 0.25) is 0 Å². The summed E-state index contributed by atoms with van der Waals surface area (Å²) in [5.41, 5.74) is 10.4. The number of phenolic OH excluding ortho intramolecular Hbond substituents is 1. The first kappa shape index (κ1) is 28.0. The van der Waals surface area contributed by atoms with Crippen LogP contribution in [0.3, 0.4) is 0 Å². The lowest BCUT2D eigenvalue weighted by Crippen LogP contribution is -2.59. The summed E-state index contributed by atoms with van der Waals surface area (Å²) in [7, 11) is 0. The summed E-state index contributed by atoms with van der Waals surface area (Å²) in [6, 6.07) is 5.30. The SMILES string of the molecule is CC(=O)Oc1ccc2c(c1)C(=O)c1cc(O[C@@H]3O[C@@H](C)[C@@H](O)[C@@H](O)[C@H]3OCCN=C(N)N)c(C)c(O)c1C2=O. The topological polar surface area (TPSA) is 213 Å². The van der Waals surface area contributed by atoms with E-state index in [1.165, 1.54) is 45.0 Å². The number of carbonyl (C=O) groups is 3. The van der Waals surface area contributed by atoms with Crippen LogP contribution in [0, 0.1) is 6.92 Å². The van der Waals surface area contributed by atoms with E-state index in [0.29, 0.717) is 0 Å². The third-order valence-corrected chi connectivity index (χ3v) is 6.44. The van der Waals surface area contributed by atoms with Gasteiger partial charge in [-0.3, -0.25) is 19.4 Å². The van der Waals surface area contributed by atoms with Crippen molar-refractivity contribution in [2.24, 2.45) is 16.5 Å². The average molecular weight is 544 g/mol. The van der Waals surface area contributed by atoms with Crippen molar-refractivity contribution in [3.8, 4) is 17.2 Å². The van der Waals surface area contributed by atoms with Crippen molar-refractivity contribution in [2.75, 3.05) is 13.2 Å². The fraction of sp³-hybridized carbons (Fsp3) is 0.385. The summed E-state index contributed by atoms with van der Waals surface area (Å²) in [4.78, 5) is 41.8. The number of hydrogen-bond donors (Lipinski definition) is 5. The number of aliphatic hydroxyl groups excluding tert-OH is 2. The number of aromatic hydroxyl groups is 1. The number of hydrogen-bond acceptors (Lipinski definition) is 11. The smallest absolute Gasteiger partial charge is 0.308 e. The summed E-state index contributed by atoms with van der Waals surface area (Å²) >= 11 is 0. The molecular formula is C26H29N3O10. The molecule has 0 saturated carbocycles. The molecule has 13 nitrogen and oxygen atoms in total. The number of aliphatic imine (C=N–C) groups is 1. The van der Waals surface area contributed by atoms with Crippen molar-refractivity contribution in [2.45, 2.75) is 51.5 Å². The molecule has 1 aliphatic heterocycles. The number of ketones is 2. The Morgan fingerprint density at radius 3 is 2.46 bits per heavy atom. The molecule has 39 heavy (non-hydrogen) atoms. The van der Waals surface area contributed by atoms with Gasteiger partial charge >= 0.3 is 5.97 Å². The largest absolute Gasteiger partial charge is 0.507 e. The quantitative estimate of drug-likeness (QED) is 0.0869. The zero-order valence-electron chi connectivity index (χ0n) is 21.4. The summed E-state index contributed by atoms with van der Waals surface area (Å²) in [6.07, 6.45) is -6.06. The lowest BCUT2D eigenvalue weighted by atomic mass is 9.82. The number of aliphatic hydroxyl groups is 2. The van der Waals surface area contributed by atoms with E-state index in [0.717, 1.165) is 0 Å². The predicted octanol–water partition coefficient (Wildman–Crippen LogP) is -0.0947. The van der Waals surface area contributed by atoms with E-state index in [-0.39, 0.29) is 58.4 Å². The molecular weight excluding hydrogens is 514 g/mol. The summed E-state index contributed by atoms with van der Waals surface area (Å²) in [6.45, 7) is 4.22. The molecule has 1 aliphatic carbocycles. The number of nitrogens with two attached hydrogens (primary N) is 2. The minimum absolute atomic E-state index is 0.0116. The number of rotatable bonds is 7. The average Bonchev–Trinajstić information content (AvgIpc) is 2.87. The van der Waals surface area contributed by atoms with Gasteiger partial charge in [-0.25, -0.2) is 0 Å². The van der Waals surface area contributed by atoms with Crippen molar-refractivity contribution in [1.29, 1.82) is 0 Å². The molecule has 1 saturated heterocycles. The maximum atomic E-state index is 13.4. The number of carbonyl (C=O) groups excluding carboxylic acids is 3. The van der Waals surface area contributed by atoms with Crippen molar-refractivity contribution < 1.29 is 48.7 Å². The lowest BCUT2D eigenvalue weighted by Gasteiger charge is -2.41. The molecule has 0 spiro atoms. The molecule has 0 amide bonds. The molecule has 0 aromatic heterocycles. The number of phenols is 1. The molecule has 13 heteroatoms. The maximum absolute atomic E-state index is 13.4. The zero-order chi connectivity index (χ0) is 28.6. The van der Waals surface area contributed by atoms with E-state index in [4.69, 9.17) is 30.4 Å². The summed E-state index contributed by atoms with van der Waals surface area (Å²) in [5, 5.41) is 31.9. The van der Waals surface area contributed by atoms with Crippen LogP contribution in [0.5, 0.6) is 17.2 Å². The van der Waals surface area contributed by atoms with E-state index in [2.05, 4.69) is 4.99 Å². The van der Waals surface area contributed by atoms with Gasteiger partial charge < -0.3 is 45.7 Å². The van der Waals surface area contributed by atoms with Crippen molar-refractivity contribution >= 4 is 23.5 Å². The molecule has 7 N–H and O–H groups in total.